The van der Waals surface area contributed by atoms with E-state index in [0.29, 0.717) is 11.3 Å². The molecular formula is C15H17N3O4. The minimum atomic E-state index is -1.02. The Hall–Kier alpha value is -2.76. The predicted molar refractivity (Wildman–Crippen MR) is 79.3 cm³/mol. The first-order valence-corrected chi connectivity index (χ1v) is 6.46. The summed E-state index contributed by atoms with van der Waals surface area (Å²) in [5, 5.41) is 0. The number of methoxy groups -OCH3 is 1. The fraction of sp³-hybridized carbons (Fsp3) is 0.267. The van der Waals surface area contributed by atoms with E-state index >= 15 is 0 Å². The van der Waals surface area contributed by atoms with Crippen molar-refractivity contribution in [2.75, 3.05) is 13.7 Å². The summed E-state index contributed by atoms with van der Waals surface area (Å²) in [6.45, 7) is 3.28. The molecular weight excluding hydrogens is 286 g/mol. The van der Waals surface area contributed by atoms with E-state index in [1.807, 2.05) is 0 Å². The number of benzene rings is 1. The number of rotatable bonds is 8. The number of Topliss-reactive ketones (excluding diaryl/α,β-unsaturated/α-hetero) is 1. The summed E-state index contributed by atoms with van der Waals surface area (Å²) in [5.41, 5.74) is 14.7. The number of carbonyl (C=O) groups excluding carboxylic acids is 2. The Bertz CT molecular complexity index is 604. The number of hydrogen-bond acceptors (Lipinski definition) is 5. The van der Waals surface area contributed by atoms with Crippen LogP contribution in [0.1, 0.15) is 18.0 Å². The SMILES string of the molecule is C=CCOC(=O)C(=[N+]=[N-])C(=O)C[C@@H](N)c1ccc(OC)cc1. The van der Waals surface area contributed by atoms with E-state index in [-0.39, 0.29) is 13.0 Å². The highest BCUT2D eigenvalue weighted by Gasteiger charge is 2.32. The molecule has 1 rings (SSSR count). The normalized spacial score (nSPS) is 11.0. The van der Waals surface area contributed by atoms with Crippen LogP contribution in [0.15, 0.2) is 36.9 Å². The average Bonchev–Trinajstić information content (AvgIpc) is 2.53. The summed E-state index contributed by atoms with van der Waals surface area (Å²) in [4.78, 5) is 26.2. The van der Waals surface area contributed by atoms with Crippen LogP contribution in [0.2, 0.25) is 0 Å². The molecule has 0 unspecified atom stereocenters. The smallest absolute Gasteiger partial charge is 0.441 e. The summed E-state index contributed by atoms with van der Waals surface area (Å²) in [7, 11) is 1.54. The van der Waals surface area contributed by atoms with Gasteiger partial charge in [0.15, 0.2) is 0 Å². The maximum atomic E-state index is 12.0. The molecule has 7 nitrogen and oxygen atoms in total. The zero-order chi connectivity index (χ0) is 16.5. The molecule has 0 aromatic heterocycles. The first-order valence-electron chi connectivity index (χ1n) is 6.46. The average molecular weight is 303 g/mol. The van der Waals surface area contributed by atoms with E-state index < -0.39 is 23.5 Å². The zero-order valence-electron chi connectivity index (χ0n) is 12.2. The molecule has 22 heavy (non-hydrogen) atoms. The summed E-state index contributed by atoms with van der Waals surface area (Å²) >= 11 is 0. The molecule has 0 heterocycles. The molecule has 0 saturated heterocycles. The predicted octanol–water partition coefficient (Wildman–Crippen LogP) is 1.05. The van der Waals surface area contributed by atoms with Crippen molar-refractivity contribution in [3.63, 3.8) is 0 Å². The van der Waals surface area contributed by atoms with Crippen molar-refractivity contribution in [2.24, 2.45) is 5.73 Å². The van der Waals surface area contributed by atoms with E-state index in [1.165, 1.54) is 13.2 Å². The standard InChI is InChI=1S/C15H17N3O4/c1-3-8-22-15(20)14(18-17)13(19)9-12(16)10-4-6-11(21-2)7-5-10/h3-7,12H,1,8-9,16H2,2H3/t12-/m1/s1. The number of carbonyl (C=O) groups is 2. The van der Waals surface area contributed by atoms with Crippen LogP contribution in [0.5, 0.6) is 5.75 Å². The van der Waals surface area contributed by atoms with Gasteiger partial charge in [0.1, 0.15) is 12.4 Å². The molecule has 7 heteroatoms. The Morgan fingerprint density at radius 1 is 1.41 bits per heavy atom. The van der Waals surface area contributed by atoms with Gasteiger partial charge in [-0.25, -0.2) is 4.79 Å². The Balaban J connectivity index is 2.74. The van der Waals surface area contributed by atoms with Crippen molar-refractivity contribution >= 4 is 17.5 Å². The van der Waals surface area contributed by atoms with Crippen LogP contribution in [0.4, 0.5) is 0 Å². The maximum absolute atomic E-state index is 12.0. The molecule has 116 valence electrons. The number of nitrogens with zero attached hydrogens (tertiary/aromatic N) is 2. The molecule has 0 radical (unpaired) electrons. The molecule has 2 N–H and O–H groups in total. The van der Waals surface area contributed by atoms with Gasteiger partial charge in [0.05, 0.1) is 7.11 Å². The quantitative estimate of drug-likeness (QED) is 0.192. The van der Waals surface area contributed by atoms with Gasteiger partial charge in [0, 0.05) is 12.5 Å². The van der Waals surface area contributed by atoms with E-state index in [9.17, 15) is 9.59 Å². The van der Waals surface area contributed by atoms with Crippen molar-refractivity contribution in [3.8, 4) is 5.75 Å². The second-order valence-electron chi connectivity index (χ2n) is 4.34. The lowest BCUT2D eigenvalue weighted by Gasteiger charge is -2.10. The third kappa shape index (κ3) is 4.66. The lowest BCUT2D eigenvalue weighted by molar-refractivity contribution is -0.141. The van der Waals surface area contributed by atoms with Gasteiger partial charge in [-0.3, -0.25) is 4.79 Å². The summed E-state index contributed by atoms with van der Waals surface area (Å²) in [6.07, 6.45) is 1.13. The number of ether oxygens (including phenoxy) is 2. The third-order valence-corrected chi connectivity index (χ3v) is 2.84. The second-order valence-corrected chi connectivity index (χ2v) is 4.34. The van der Waals surface area contributed by atoms with Gasteiger partial charge in [-0.05, 0) is 17.7 Å². The first kappa shape index (κ1) is 17.3. The van der Waals surface area contributed by atoms with Crippen molar-refractivity contribution < 1.29 is 23.9 Å². The Labute approximate surface area is 127 Å². The topological polar surface area (TPSA) is 115 Å². The highest BCUT2D eigenvalue weighted by atomic mass is 16.5. The largest absolute Gasteiger partial charge is 0.497 e. The first-order chi connectivity index (χ1) is 10.5. The maximum Gasteiger partial charge on any atom is 0.441 e. The molecule has 1 atom stereocenters. The highest BCUT2D eigenvalue weighted by molar-refractivity contribution is 6.62. The third-order valence-electron chi connectivity index (χ3n) is 2.84. The highest BCUT2D eigenvalue weighted by Crippen LogP contribution is 2.18. The van der Waals surface area contributed by atoms with Crippen LogP contribution in [0, 0.1) is 0 Å². The summed E-state index contributed by atoms with van der Waals surface area (Å²) < 4.78 is 9.68. The van der Waals surface area contributed by atoms with Crippen LogP contribution in [-0.2, 0) is 14.3 Å². The molecule has 0 aliphatic carbocycles. The number of esters is 1. The fourth-order valence-electron chi connectivity index (χ4n) is 1.68. The van der Waals surface area contributed by atoms with E-state index in [2.05, 4.69) is 16.1 Å². The number of hydrogen-bond donors (Lipinski definition) is 1. The van der Waals surface area contributed by atoms with Gasteiger partial charge in [0.2, 0.25) is 0 Å². The lowest BCUT2D eigenvalue weighted by Crippen LogP contribution is -2.30. The van der Waals surface area contributed by atoms with Crippen LogP contribution in [0.3, 0.4) is 0 Å². The van der Waals surface area contributed by atoms with Crippen LogP contribution < -0.4 is 10.5 Å². The van der Waals surface area contributed by atoms with Gasteiger partial charge in [-0.1, -0.05) is 24.8 Å². The Kier molecular flexibility index (Phi) is 6.69. The van der Waals surface area contributed by atoms with Crippen molar-refractivity contribution in [2.45, 2.75) is 12.5 Å². The Morgan fingerprint density at radius 2 is 2.05 bits per heavy atom. The van der Waals surface area contributed by atoms with E-state index in [4.69, 9.17) is 16.0 Å². The fourth-order valence-corrected chi connectivity index (χ4v) is 1.68. The molecule has 0 saturated carbocycles. The van der Waals surface area contributed by atoms with Crippen molar-refractivity contribution in [3.05, 3.63) is 48.0 Å². The molecule has 1 aromatic carbocycles. The molecule has 0 spiro atoms. The second kappa shape index (κ2) is 8.51. The van der Waals surface area contributed by atoms with Crippen LogP contribution in [-0.4, -0.2) is 36.0 Å². The molecule has 0 bridgehead atoms. The number of nitrogens with two attached hydrogens (primary N) is 1. The van der Waals surface area contributed by atoms with Gasteiger partial charge in [-0.2, -0.15) is 4.79 Å². The summed E-state index contributed by atoms with van der Waals surface area (Å²) in [6, 6.07) is 6.19. The van der Waals surface area contributed by atoms with Crippen LogP contribution >= 0.6 is 0 Å². The lowest BCUT2D eigenvalue weighted by atomic mass is 10.0. The molecule has 0 aliphatic rings. The van der Waals surface area contributed by atoms with Crippen molar-refractivity contribution in [1.82, 2.24) is 0 Å². The van der Waals surface area contributed by atoms with E-state index in [0.717, 1.165) is 0 Å². The van der Waals surface area contributed by atoms with Gasteiger partial charge in [-0.15, -0.1) is 0 Å². The molecule has 0 amide bonds. The zero-order valence-corrected chi connectivity index (χ0v) is 12.2. The minimum Gasteiger partial charge on any atom is -0.497 e. The van der Waals surface area contributed by atoms with Gasteiger partial charge in [0.25, 0.3) is 5.78 Å². The summed E-state index contributed by atoms with van der Waals surface area (Å²) in [5.74, 6) is -1.07. The molecule has 0 aliphatic heterocycles. The van der Waals surface area contributed by atoms with Gasteiger partial charge >= 0.3 is 11.7 Å². The Morgan fingerprint density at radius 3 is 2.55 bits per heavy atom. The van der Waals surface area contributed by atoms with Gasteiger partial charge < -0.3 is 20.7 Å². The molecule has 1 aromatic rings. The monoisotopic (exact) mass is 303 g/mol. The van der Waals surface area contributed by atoms with Crippen molar-refractivity contribution in [1.29, 1.82) is 0 Å². The van der Waals surface area contributed by atoms with E-state index in [1.54, 1.807) is 24.3 Å². The minimum absolute atomic E-state index is 0.0876. The molecule has 0 fully saturated rings. The van der Waals surface area contributed by atoms with Crippen LogP contribution in [0.25, 0.3) is 5.53 Å². The number of ketones is 1.